The zero-order valence-corrected chi connectivity index (χ0v) is 8.01. The maximum atomic E-state index is 5.59. The van der Waals surface area contributed by atoms with E-state index in [2.05, 4.69) is 15.2 Å². The van der Waals surface area contributed by atoms with E-state index in [4.69, 9.17) is 10.3 Å². The Morgan fingerprint density at radius 2 is 2.36 bits per heavy atom. The molecule has 2 heterocycles. The van der Waals surface area contributed by atoms with Crippen LogP contribution in [0.4, 0.5) is 0 Å². The van der Waals surface area contributed by atoms with Crippen molar-refractivity contribution < 1.29 is 4.52 Å². The van der Waals surface area contributed by atoms with Gasteiger partial charge in [-0.3, -0.25) is 4.68 Å². The van der Waals surface area contributed by atoms with Crippen LogP contribution in [0.25, 0.3) is 11.5 Å². The molecule has 0 bridgehead atoms. The van der Waals surface area contributed by atoms with Crippen molar-refractivity contribution in [3.05, 3.63) is 18.2 Å². The minimum atomic E-state index is -0.250. The van der Waals surface area contributed by atoms with Gasteiger partial charge in [-0.05, 0) is 13.0 Å². The second-order valence-electron chi connectivity index (χ2n) is 3.12. The number of aryl methyl sites for hydroxylation is 1. The summed E-state index contributed by atoms with van der Waals surface area (Å²) < 4.78 is 6.63. The highest BCUT2D eigenvalue weighted by atomic mass is 16.5. The predicted octanol–water partition coefficient (Wildman–Crippen LogP) is 0.490. The molecule has 0 amide bonds. The maximum Gasteiger partial charge on any atom is 0.243 e. The highest BCUT2D eigenvalue weighted by Crippen LogP contribution is 2.14. The van der Waals surface area contributed by atoms with Crippen LogP contribution in [0, 0.1) is 0 Å². The van der Waals surface area contributed by atoms with Gasteiger partial charge in [0.25, 0.3) is 0 Å². The number of nitrogens with zero attached hydrogens (tertiary/aromatic N) is 4. The molecule has 74 valence electrons. The number of nitrogens with two attached hydrogens (primary N) is 1. The molecule has 1 atom stereocenters. The largest absolute Gasteiger partial charge is 0.337 e. The van der Waals surface area contributed by atoms with Crippen molar-refractivity contribution in [1.29, 1.82) is 0 Å². The third-order valence-electron chi connectivity index (χ3n) is 1.77. The predicted molar refractivity (Wildman–Crippen MR) is 49.1 cm³/mol. The van der Waals surface area contributed by atoms with Crippen molar-refractivity contribution in [2.24, 2.45) is 12.8 Å². The molecule has 14 heavy (non-hydrogen) atoms. The van der Waals surface area contributed by atoms with Gasteiger partial charge in [-0.25, -0.2) is 0 Å². The molecule has 2 aromatic heterocycles. The standard InChI is InChI=1S/C8H11N5O/c1-5(9)8-10-7(12-14-8)6-3-4-13(2)11-6/h3-5H,9H2,1-2H3/t5-/m1/s1. The lowest BCUT2D eigenvalue weighted by molar-refractivity contribution is 0.362. The lowest BCUT2D eigenvalue weighted by atomic mass is 10.3. The first-order valence-corrected chi connectivity index (χ1v) is 4.26. The Morgan fingerprint density at radius 3 is 2.86 bits per heavy atom. The monoisotopic (exact) mass is 193 g/mol. The van der Waals surface area contributed by atoms with Crippen LogP contribution in [-0.4, -0.2) is 19.9 Å². The van der Waals surface area contributed by atoms with Crippen LogP contribution in [0.1, 0.15) is 18.9 Å². The Hall–Kier alpha value is -1.69. The first-order chi connectivity index (χ1) is 6.66. The third-order valence-corrected chi connectivity index (χ3v) is 1.77. The van der Waals surface area contributed by atoms with E-state index in [-0.39, 0.29) is 6.04 Å². The van der Waals surface area contributed by atoms with Gasteiger partial charge >= 0.3 is 0 Å². The molecule has 0 saturated heterocycles. The highest BCUT2D eigenvalue weighted by molar-refractivity contribution is 5.46. The van der Waals surface area contributed by atoms with Gasteiger partial charge in [-0.1, -0.05) is 5.16 Å². The fourth-order valence-corrected chi connectivity index (χ4v) is 1.06. The molecular weight excluding hydrogens is 182 g/mol. The first-order valence-electron chi connectivity index (χ1n) is 4.26. The van der Waals surface area contributed by atoms with E-state index < -0.39 is 0 Å². The molecule has 2 aromatic rings. The van der Waals surface area contributed by atoms with Gasteiger partial charge in [0.1, 0.15) is 5.69 Å². The van der Waals surface area contributed by atoms with Crippen LogP contribution in [-0.2, 0) is 7.05 Å². The van der Waals surface area contributed by atoms with Gasteiger partial charge in [-0.15, -0.1) is 0 Å². The summed E-state index contributed by atoms with van der Waals surface area (Å²) in [5, 5.41) is 7.92. The fraction of sp³-hybridized carbons (Fsp3) is 0.375. The molecule has 0 fully saturated rings. The number of aromatic nitrogens is 4. The summed E-state index contributed by atoms with van der Waals surface area (Å²) in [5.74, 6) is 0.892. The molecule has 6 nitrogen and oxygen atoms in total. The van der Waals surface area contributed by atoms with Gasteiger partial charge in [0.2, 0.25) is 11.7 Å². The summed E-state index contributed by atoms with van der Waals surface area (Å²) in [6, 6.07) is 1.57. The molecule has 0 saturated carbocycles. The minimum absolute atomic E-state index is 0.250. The summed E-state index contributed by atoms with van der Waals surface area (Å²) in [4.78, 5) is 4.11. The Balaban J connectivity index is 2.33. The van der Waals surface area contributed by atoms with Crippen molar-refractivity contribution in [2.75, 3.05) is 0 Å². The summed E-state index contributed by atoms with van der Waals surface area (Å²) >= 11 is 0. The molecular formula is C8H11N5O. The van der Waals surface area contributed by atoms with Crippen molar-refractivity contribution in [3.63, 3.8) is 0 Å². The minimum Gasteiger partial charge on any atom is -0.337 e. The summed E-state index contributed by atoms with van der Waals surface area (Å²) in [6.45, 7) is 1.79. The molecule has 6 heteroatoms. The van der Waals surface area contributed by atoms with Crippen LogP contribution in [0.2, 0.25) is 0 Å². The van der Waals surface area contributed by atoms with Gasteiger partial charge in [0.05, 0.1) is 6.04 Å². The molecule has 2 N–H and O–H groups in total. The Bertz CT molecular complexity index is 430. The first kappa shape index (κ1) is 8.89. The van der Waals surface area contributed by atoms with Crippen LogP contribution >= 0.6 is 0 Å². The van der Waals surface area contributed by atoms with Crippen molar-refractivity contribution in [1.82, 2.24) is 19.9 Å². The lowest BCUT2D eigenvalue weighted by Gasteiger charge is -1.92. The molecule has 0 spiro atoms. The maximum absolute atomic E-state index is 5.59. The van der Waals surface area contributed by atoms with E-state index in [9.17, 15) is 0 Å². The van der Waals surface area contributed by atoms with Crippen LogP contribution in [0.5, 0.6) is 0 Å². The van der Waals surface area contributed by atoms with Crippen molar-refractivity contribution >= 4 is 0 Å². The third kappa shape index (κ3) is 1.51. The quantitative estimate of drug-likeness (QED) is 0.750. The second-order valence-corrected chi connectivity index (χ2v) is 3.12. The fourth-order valence-electron chi connectivity index (χ4n) is 1.06. The van der Waals surface area contributed by atoms with Crippen molar-refractivity contribution in [2.45, 2.75) is 13.0 Å². The van der Waals surface area contributed by atoms with Crippen LogP contribution < -0.4 is 5.73 Å². The van der Waals surface area contributed by atoms with E-state index in [0.717, 1.165) is 0 Å². The van der Waals surface area contributed by atoms with Gasteiger partial charge in [0, 0.05) is 13.2 Å². The lowest BCUT2D eigenvalue weighted by Crippen LogP contribution is -2.04. The second kappa shape index (κ2) is 3.22. The van der Waals surface area contributed by atoms with Gasteiger partial charge in [-0.2, -0.15) is 10.1 Å². The topological polar surface area (TPSA) is 82.8 Å². The SMILES string of the molecule is C[C@@H](N)c1nc(-c2ccn(C)n2)no1. The van der Waals surface area contributed by atoms with E-state index in [1.165, 1.54) is 0 Å². The zero-order valence-electron chi connectivity index (χ0n) is 8.01. The molecule has 0 aliphatic carbocycles. The average molecular weight is 193 g/mol. The Labute approximate surface area is 80.7 Å². The molecule has 0 aromatic carbocycles. The Morgan fingerprint density at radius 1 is 1.57 bits per heavy atom. The van der Waals surface area contributed by atoms with E-state index >= 15 is 0 Å². The molecule has 0 aliphatic rings. The smallest absolute Gasteiger partial charge is 0.243 e. The summed E-state index contributed by atoms with van der Waals surface area (Å²) in [6.07, 6.45) is 1.82. The molecule has 0 aliphatic heterocycles. The average Bonchev–Trinajstić information content (AvgIpc) is 2.70. The highest BCUT2D eigenvalue weighted by Gasteiger charge is 2.12. The van der Waals surface area contributed by atoms with E-state index in [0.29, 0.717) is 17.4 Å². The number of hydrogen-bond acceptors (Lipinski definition) is 5. The number of hydrogen-bond donors (Lipinski definition) is 1. The molecule has 0 radical (unpaired) electrons. The van der Waals surface area contributed by atoms with Gasteiger partial charge < -0.3 is 10.3 Å². The van der Waals surface area contributed by atoms with Crippen LogP contribution in [0.15, 0.2) is 16.8 Å². The van der Waals surface area contributed by atoms with Gasteiger partial charge in [0.15, 0.2) is 0 Å². The Kier molecular flexibility index (Phi) is 2.05. The number of rotatable bonds is 2. The molecule has 2 rings (SSSR count). The molecule has 0 unspecified atom stereocenters. The summed E-state index contributed by atoms with van der Waals surface area (Å²) in [5.41, 5.74) is 6.27. The van der Waals surface area contributed by atoms with Crippen LogP contribution in [0.3, 0.4) is 0 Å². The zero-order chi connectivity index (χ0) is 10.1. The summed E-state index contributed by atoms with van der Waals surface area (Å²) in [7, 11) is 1.83. The van der Waals surface area contributed by atoms with E-state index in [1.54, 1.807) is 11.6 Å². The van der Waals surface area contributed by atoms with Crippen molar-refractivity contribution in [3.8, 4) is 11.5 Å². The normalized spacial score (nSPS) is 13.1. The van der Waals surface area contributed by atoms with E-state index in [1.807, 2.05) is 19.3 Å².